The van der Waals surface area contributed by atoms with E-state index in [2.05, 4.69) is 5.32 Å². The van der Waals surface area contributed by atoms with E-state index in [1.807, 2.05) is 38.1 Å². The zero-order chi connectivity index (χ0) is 15.7. The van der Waals surface area contributed by atoms with Crippen LogP contribution in [-0.4, -0.2) is 32.5 Å². The van der Waals surface area contributed by atoms with Gasteiger partial charge in [-0.15, -0.1) is 0 Å². The molecule has 1 rings (SSSR count). The minimum atomic E-state index is -4.31. The zero-order valence-electron chi connectivity index (χ0n) is 12.4. The van der Waals surface area contributed by atoms with Crippen LogP contribution in [0.1, 0.15) is 31.9 Å². The number of para-hydroxylation sites is 1. The molecule has 0 aliphatic rings. The van der Waals surface area contributed by atoms with Crippen molar-refractivity contribution < 1.29 is 22.6 Å². The Bertz CT molecular complexity index is 410. The summed E-state index contributed by atoms with van der Waals surface area (Å²) in [4.78, 5) is 0. The quantitative estimate of drug-likeness (QED) is 0.754. The third-order valence-corrected chi connectivity index (χ3v) is 2.76. The van der Waals surface area contributed by atoms with Crippen LogP contribution in [0.2, 0.25) is 0 Å². The van der Waals surface area contributed by atoms with E-state index in [1.165, 1.54) is 0 Å². The van der Waals surface area contributed by atoms with E-state index in [0.29, 0.717) is 18.9 Å². The normalized spacial score (nSPS) is 13.2. The molecule has 0 spiro atoms. The van der Waals surface area contributed by atoms with E-state index in [-0.39, 0.29) is 12.6 Å². The summed E-state index contributed by atoms with van der Waals surface area (Å²) in [7, 11) is 0. The number of rotatable bonds is 9. The maximum Gasteiger partial charge on any atom is 0.411 e. The maximum atomic E-state index is 12.2. The lowest BCUT2D eigenvalue weighted by Crippen LogP contribution is -2.28. The summed E-state index contributed by atoms with van der Waals surface area (Å²) >= 11 is 0. The second kappa shape index (κ2) is 8.89. The summed E-state index contributed by atoms with van der Waals surface area (Å²) in [5, 5.41) is 3.13. The van der Waals surface area contributed by atoms with E-state index in [4.69, 9.17) is 9.47 Å². The smallest absolute Gasteiger partial charge is 0.411 e. The third kappa shape index (κ3) is 6.82. The molecule has 1 unspecified atom stereocenters. The van der Waals surface area contributed by atoms with E-state index in [0.717, 1.165) is 12.0 Å². The van der Waals surface area contributed by atoms with Gasteiger partial charge in [-0.2, -0.15) is 13.2 Å². The highest BCUT2D eigenvalue weighted by Gasteiger charge is 2.28. The maximum absolute atomic E-state index is 12.2. The van der Waals surface area contributed by atoms with Gasteiger partial charge in [0, 0.05) is 5.56 Å². The second-order valence-electron chi connectivity index (χ2n) is 4.63. The van der Waals surface area contributed by atoms with Crippen LogP contribution in [0.4, 0.5) is 13.2 Å². The Labute approximate surface area is 123 Å². The molecular formula is C15H22F3NO2. The molecule has 1 aromatic carbocycles. The van der Waals surface area contributed by atoms with Gasteiger partial charge in [0.1, 0.15) is 12.4 Å². The van der Waals surface area contributed by atoms with Gasteiger partial charge in [-0.1, -0.05) is 32.0 Å². The van der Waals surface area contributed by atoms with Gasteiger partial charge in [0.2, 0.25) is 0 Å². The fourth-order valence-corrected chi connectivity index (χ4v) is 1.91. The van der Waals surface area contributed by atoms with Crippen molar-refractivity contribution in [3.8, 4) is 5.75 Å². The van der Waals surface area contributed by atoms with Crippen LogP contribution in [-0.2, 0) is 4.74 Å². The summed E-state index contributed by atoms with van der Waals surface area (Å²) in [6, 6.07) is 7.01. The number of hydrogen-bond donors (Lipinski definition) is 1. The van der Waals surface area contributed by atoms with E-state index >= 15 is 0 Å². The monoisotopic (exact) mass is 305 g/mol. The molecule has 0 bridgehead atoms. The molecule has 0 heterocycles. The first kappa shape index (κ1) is 17.8. The Kier molecular flexibility index (Phi) is 7.53. The van der Waals surface area contributed by atoms with Gasteiger partial charge in [-0.3, -0.25) is 0 Å². The minimum absolute atomic E-state index is 0.0557. The van der Waals surface area contributed by atoms with Crippen molar-refractivity contribution in [1.29, 1.82) is 0 Å². The third-order valence-electron chi connectivity index (χ3n) is 2.76. The van der Waals surface area contributed by atoms with Crippen molar-refractivity contribution in [2.24, 2.45) is 0 Å². The number of alkyl halides is 3. The number of hydrogen-bond acceptors (Lipinski definition) is 3. The van der Waals surface area contributed by atoms with Gasteiger partial charge in [-0.05, 0) is 19.0 Å². The first-order chi connectivity index (χ1) is 9.98. The Morgan fingerprint density at radius 3 is 2.52 bits per heavy atom. The SMILES string of the molecule is CCCOc1ccccc1C(COCC(F)(F)F)NCC. The summed E-state index contributed by atoms with van der Waals surface area (Å²) in [5.41, 5.74) is 0.815. The predicted molar refractivity (Wildman–Crippen MR) is 75.5 cm³/mol. The standard InChI is InChI=1S/C15H22F3NO2/c1-3-9-21-14-8-6-5-7-12(14)13(19-4-2)10-20-11-15(16,17)18/h5-8,13,19H,3-4,9-11H2,1-2H3. The summed E-state index contributed by atoms with van der Waals surface area (Å²) in [5.74, 6) is 0.681. The molecule has 21 heavy (non-hydrogen) atoms. The Balaban J connectivity index is 2.74. The Morgan fingerprint density at radius 1 is 1.19 bits per heavy atom. The average Bonchev–Trinajstić information content (AvgIpc) is 2.43. The van der Waals surface area contributed by atoms with Crippen LogP contribution >= 0.6 is 0 Å². The van der Waals surface area contributed by atoms with Gasteiger partial charge in [0.15, 0.2) is 0 Å². The van der Waals surface area contributed by atoms with E-state index in [1.54, 1.807) is 0 Å². The Morgan fingerprint density at radius 2 is 1.90 bits per heavy atom. The van der Waals surface area contributed by atoms with Crippen molar-refractivity contribution in [3.05, 3.63) is 29.8 Å². The average molecular weight is 305 g/mol. The predicted octanol–water partition coefficient (Wildman–Crippen LogP) is 3.70. The number of ether oxygens (including phenoxy) is 2. The molecule has 0 aliphatic carbocycles. The summed E-state index contributed by atoms with van der Waals surface area (Å²) < 4.78 is 46.9. The van der Waals surface area contributed by atoms with Gasteiger partial charge in [-0.25, -0.2) is 0 Å². The topological polar surface area (TPSA) is 30.5 Å². The van der Waals surface area contributed by atoms with Crippen molar-refractivity contribution in [1.82, 2.24) is 5.32 Å². The molecule has 0 fully saturated rings. The van der Waals surface area contributed by atoms with Gasteiger partial charge in [0.05, 0.1) is 19.3 Å². The lowest BCUT2D eigenvalue weighted by atomic mass is 10.1. The van der Waals surface area contributed by atoms with Crippen LogP contribution in [0.5, 0.6) is 5.75 Å². The van der Waals surface area contributed by atoms with Gasteiger partial charge >= 0.3 is 6.18 Å². The molecule has 0 aliphatic heterocycles. The largest absolute Gasteiger partial charge is 0.493 e. The molecule has 0 saturated heterocycles. The molecule has 6 heteroatoms. The van der Waals surface area contributed by atoms with Crippen molar-refractivity contribution >= 4 is 0 Å². The number of nitrogens with one attached hydrogen (secondary N) is 1. The zero-order valence-corrected chi connectivity index (χ0v) is 12.4. The van der Waals surface area contributed by atoms with Crippen LogP contribution in [0.25, 0.3) is 0 Å². The van der Waals surface area contributed by atoms with Crippen LogP contribution in [0, 0.1) is 0 Å². The molecule has 0 saturated carbocycles. The van der Waals surface area contributed by atoms with Crippen molar-refractivity contribution in [2.45, 2.75) is 32.5 Å². The van der Waals surface area contributed by atoms with E-state index in [9.17, 15) is 13.2 Å². The highest BCUT2D eigenvalue weighted by atomic mass is 19.4. The van der Waals surface area contributed by atoms with Crippen molar-refractivity contribution in [2.75, 3.05) is 26.4 Å². The highest BCUT2D eigenvalue weighted by molar-refractivity contribution is 5.36. The van der Waals surface area contributed by atoms with Gasteiger partial charge in [0.25, 0.3) is 0 Å². The first-order valence-corrected chi connectivity index (χ1v) is 7.07. The lowest BCUT2D eigenvalue weighted by Gasteiger charge is -2.21. The number of benzene rings is 1. The van der Waals surface area contributed by atoms with Crippen LogP contribution in [0.3, 0.4) is 0 Å². The fourth-order valence-electron chi connectivity index (χ4n) is 1.91. The molecular weight excluding hydrogens is 283 g/mol. The highest BCUT2D eigenvalue weighted by Crippen LogP contribution is 2.26. The van der Waals surface area contributed by atoms with Gasteiger partial charge < -0.3 is 14.8 Å². The molecule has 0 amide bonds. The number of halogens is 3. The molecule has 120 valence electrons. The first-order valence-electron chi connectivity index (χ1n) is 7.07. The summed E-state index contributed by atoms with van der Waals surface area (Å²) in [6.07, 6.45) is -3.44. The lowest BCUT2D eigenvalue weighted by molar-refractivity contribution is -0.175. The van der Waals surface area contributed by atoms with Crippen molar-refractivity contribution in [3.63, 3.8) is 0 Å². The number of likely N-dealkylation sites (N-methyl/N-ethyl adjacent to an activating group) is 1. The minimum Gasteiger partial charge on any atom is -0.493 e. The summed E-state index contributed by atoms with van der Waals surface area (Å²) in [6.45, 7) is 3.79. The molecule has 3 nitrogen and oxygen atoms in total. The fraction of sp³-hybridized carbons (Fsp3) is 0.600. The molecule has 0 radical (unpaired) electrons. The molecule has 0 aromatic heterocycles. The molecule has 1 atom stereocenters. The van der Waals surface area contributed by atoms with E-state index < -0.39 is 12.8 Å². The van der Waals surface area contributed by atoms with Crippen LogP contribution in [0.15, 0.2) is 24.3 Å². The molecule has 1 N–H and O–H groups in total. The van der Waals surface area contributed by atoms with Crippen LogP contribution < -0.4 is 10.1 Å². The second-order valence-corrected chi connectivity index (χ2v) is 4.63. The molecule has 1 aromatic rings. The Hall–Kier alpha value is -1.27.